The number of oxime groups is 1. The van der Waals surface area contributed by atoms with Crippen molar-refractivity contribution in [1.29, 1.82) is 0 Å². The first-order valence-electron chi connectivity index (χ1n) is 6.62. The summed E-state index contributed by atoms with van der Waals surface area (Å²) >= 11 is 0. The number of ether oxygens (including phenoxy) is 2. The molecule has 0 spiro atoms. The van der Waals surface area contributed by atoms with Gasteiger partial charge in [0.2, 0.25) is 0 Å². The summed E-state index contributed by atoms with van der Waals surface area (Å²) < 4.78 is 11.1. The average molecular weight is 281 g/mol. The molecule has 0 saturated heterocycles. The Bertz CT molecular complexity index is 473. The second kappa shape index (κ2) is 7.69. The molecule has 112 valence electrons. The van der Waals surface area contributed by atoms with Crippen molar-refractivity contribution < 1.29 is 14.7 Å². The maximum absolute atomic E-state index is 8.83. The summed E-state index contributed by atoms with van der Waals surface area (Å²) in [4.78, 5) is 4.29. The van der Waals surface area contributed by atoms with Gasteiger partial charge in [-0.3, -0.25) is 4.98 Å². The van der Waals surface area contributed by atoms with Crippen molar-refractivity contribution in [3.8, 4) is 5.75 Å². The van der Waals surface area contributed by atoms with Crippen LogP contribution in [-0.2, 0) is 4.74 Å². The monoisotopic (exact) mass is 281 g/mol. The second-order valence-corrected chi connectivity index (χ2v) is 5.02. The van der Waals surface area contributed by atoms with Crippen LogP contribution in [0.25, 0.3) is 0 Å². The van der Waals surface area contributed by atoms with Crippen LogP contribution in [0.5, 0.6) is 5.75 Å². The number of nitrogens with zero attached hydrogens (tertiary/aromatic N) is 2. The Balaban J connectivity index is 2.73. The molecule has 1 aromatic rings. The maximum atomic E-state index is 8.83. The molecule has 0 radical (unpaired) electrons. The first-order chi connectivity index (χ1) is 9.45. The molecule has 0 atom stereocenters. The molecule has 6 heteroatoms. The molecule has 0 amide bonds. The number of aromatic nitrogens is 1. The predicted octanol–water partition coefficient (Wildman–Crippen LogP) is 1.84. The molecule has 0 unspecified atom stereocenters. The quantitative estimate of drug-likeness (QED) is 0.262. The molecule has 0 aliphatic carbocycles. The molecule has 0 aromatic carbocycles. The number of hydrogen-bond acceptors (Lipinski definition) is 5. The third-order valence-corrected chi connectivity index (χ3v) is 2.59. The van der Waals surface area contributed by atoms with Gasteiger partial charge < -0.3 is 20.4 Å². The van der Waals surface area contributed by atoms with Crippen molar-refractivity contribution in [1.82, 2.24) is 4.98 Å². The van der Waals surface area contributed by atoms with Gasteiger partial charge in [0.1, 0.15) is 12.4 Å². The zero-order valence-corrected chi connectivity index (χ0v) is 12.5. The molecule has 0 bridgehead atoms. The third kappa shape index (κ3) is 4.70. The van der Waals surface area contributed by atoms with Gasteiger partial charge in [0.25, 0.3) is 0 Å². The van der Waals surface area contributed by atoms with Crippen molar-refractivity contribution in [2.24, 2.45) is 16.8 Å². The van der Waals surface area contributed by atoms with E-state index >= 15 is 0 Å². The fourth-order valence-electron chi connectivity index (χ4n) is 1.80. The van der Waals surface area contributed by atoms with Gasteiger partial charge in [0.15, 0.2) is 5.84 Å². The van der Waals surface area contributed by atoms with Gasteiger partial charge in [-0.05, 0) is 19.8 Å². The number of nitrogens with two attached hydrogens (primary N) is 1. The zero-order valence-electron chi connectivity index (χ0n) is 12.5. The van der Waals surface area contributed by atoms with Crippen molar-refractivity contribution in [3.63, 3.8) is 0 Å². The molecule has 6 nitrogen and oxygen atoms in total. The Hall–Kier alpha value is -1.82. The van der Waals surface area contributed by atoms with Crippen molar-refractivity contribution in [2.75, 3.05) is 19.8 Å². The summed E-state index contributed by atoms with van der Waals surface area (Å²) in [6.07, 6.45) is 0. The van der Waals surface area contributed by atoms with Crippen LogP contribution >= 0.6 is 0 Å². The molecule has 20 heavy (non-hydrogen) atoms. The number of hydrogen-bond donors (Lipinski definition) is 2. The summed E-state index contributed by atoms with van der Waals surface area (Å²) in [6, 6.07) is 1.77. The van der Waals surface area contributed by atoms with Gasteiger partial charge in [0, 0.05) is 18.4 Å². The first-order valence-corrected chi connectivity index (χ1v) is 6.62. The molecule has 3 N–H and O–H groups in total. The first kappa shape index (κ1) is 16.2. The molecule has 1 aromatic heterocycles. The van der Waals surface area contributed by atoms with E-state index in [0.29, 0.717) is 42.7 Å². The largest absolute Gasteiger partial charge is 0.490 e. The Labute approximate surface area is 119 Å². The minimum atomic E-state index is -0.00639. The SMILES string of the molecule is Cc1cc(OCCOCC(C)C)c(/C(N)=N/O)c(C)n1. The summed E-state index contributed by atoms with van der Waals surface area (Å²) in [6.45, 7) is 9.44. The Kier molecular flexibility index (Phi) is 6.24. The number of pyridine rings is 1. The Morgan fingerprint density at radius 1 is 1.40 bits per heavy atom. The topological polar surface area (TPSA) is 90.0 Å². The van der Waals surface area contributed by atoms with Gasteiger partial charge in [-0.1, -0.05) is 19.0 Å². The molecule has 0 fully saturated rings. The molecule has 0 saturated carbocycles. The van der Waals surface area contributed by atoms with Crippen LogP contribution in [0.2, 0.25) is 0 Å². The van der Waals surface area contributed by atoms with Crippen LogP contribution < -0.4 is 10.5 Å². The van der Waals surface area contributed by atoms with Crippen LogP contribution in [0.1, 0.15) is 30.8 Å². The van der Waals surface area contributed by atoms with Crippen molar-refractivity contribution in [2.45, 2.75) is 27.7 Å². The summed E-state index contributed by atoms with van der Waals surface area (Å²) in [7, 11) is 0. The van der Waals surface area contributed by atoms with Crippen LogP contribution in [-0.4, -0.2) is 35.8 Å². The summed E-state index contributed by atoms with van der Waals surface area (Å²) in [5.41, 5.74) is 7.66. The van der Waals surface area contributed by atoms with E-state index in [9.17, 15) is 0 Å². The fraction of sp³-hybridized carbons (Fsp3) is 0.571. The van der Waals surface area contributed by atoms with Crippen LogP contribution in [0.15, 0.2) is 11.2 Å². The molecular weight excluding hydrogens is 258 g/mol. The van der Waals surface area contributed by atoms with E-state index in [1.54, 1.807) is 13.0 Å². The van der Waals surface area contributed by atoms with Gasteiger partial charge in [-0.25, -0.2) is 0 Å². The smallest absolute Gasteiger partial charge is 0.175 e. The Morgan fingerprint density at radius 2 is 2.10 bits per heavy atom. The highest BCUT2D eigenvalue weighted by molar-refractivity contribution is 6.00. The van der Waals surface area contributed by atoms with Gasteiger partial charge in [0.05, 0.1) is 17.9 Å². The minimum Gasteiger partial charge on any atom is -0.490 e. The molecule has 0 aliphatic heterocycles. The highest BCUT2D eigenvalue weighted by Crippen LogP contribution is 2.22. The maximum Gasteiger partial charge on any atom is 0.175 e. The minimum absolute atomic E-state index is 0.00639. The van der Waals surface area contributed by atoms with Gasteiger partial charge >= 0.3 is 0 Å². The van der Waals surface area contributed by atoms with Gasteiger partial charge in [-0.2, -0.15) is 0 Å². The van der Waals surface area contributed by atoms with E-state index in [1.807, 2.05) is 6.92 Å². The van der Waals surface area contributed by atoms with E-state index in [0.717, 1.165) is 5.69 Å². The molecule has 0 aliphatic rings. The van der Waals surface area contributed by atoms with E-state index in [-0.39, 0.29) is 5.84 Å². The molecule has 1 heterocycles. The van der Waals surface area contributed by atoms with Crippen molar-refractivity contribution in [3.05, 3.63) is 23.0 Å². The number of rotatable bonds is 7. The predicted molar refractivity (Wildman–Crippen MR) is 77.4 cm³/mol. The lowest BCUT2D eigenvalue weighted by atomic mass is 10.1. The van der Waals surface area contributed by atoms with Crippen LogP contribution in [0.3, 0.4) is 0 Å². The van der Waals surface area contributed by atoms with Crippen LogP contribution in [0.4, 0.5) is 0 Å². The highest BCUT2D eigenvalue weighted by atomic mass is 16.5. The average Bonchev–Trinajstić information content (AvgIpc) is 2.36. The molecular formula is C14H23N3O3. The highest BCUT2D eigenvalue weighted by Gasteiger charge is 2.14. The third-order valence-electron chi connectivity index (χ3n) is 2.59. The van der Waals surface area contributed by atoms with Crippen molar-refractivity contribution >= 4 is 5.84 Å². The Morgan fingerprint density at radius 3 is 2.70 bits per heavy atom. The zero-order chi connectivity index (χ0) is 15.1. The fourth-order valence-corrected chi connectivity index (χ4v) is 1.80. The summed E-state index contributed by atoms with van der Waals surface area (Å²) in [5.74, 6) is 1.04. The lowest BCUT2D eigenvalue weighted by Crippen LogP contribution is -2.19. The number of aryl methyl sites for hydroxylation is 2. The van der Waals surface area contributed by atoms with E-state index < -0.39 is 0 Å². The number of amidine groups is 1. The molecule has 1 rings (SSSR count). The van der Waals surface area contributed by atoms with E-state index in [4.69, 9.17) is 20.4 Å². The van der Waals surface area contributed by atoms with E-state index in [1.165, 1.54) is 0 Å². The van der Waals surface area contributed by atoms with E-state index in [2.05, 4.69) is 24.0 Å². The second-order valence-electron chi connectivity index (χ2n) is 5.02. The van der Waals surface area contributed by atoms with Gasteiger partial charge in [-0.15, -0.1) is 0 Å². The lowest BCUT2D eigenvalue weighted by molar-refractivity contribution is 0.0818. The van der Waals surface area contributed by atoms with Crippen LogP contribution in [0, 0.1) is 19.8 Å². The standard InChI is InChI=1S/C14H23N3O3/c1-9(2)8-19-5-6-20-12-7-10(3)16-11(4)13(12)14(15)17-18/h7,9,18H,5-6,8H2,1-4H3,(H2,15,17). The summed E-state index contributed by atoms with van der Waals surface area (Å²) in [5, 5.41) is 11.9. The normalized spacial score (nSPS) is 11.9. The lowest BCUT2D eigenvalue weighted by Gasteiger charge is -2.14.